The molecule has 116 valence electrons. The predicted octanol–water partition coefficient (Wildman–Crippen LogP) is 3.62. The molecule has 2 aromatic carbocycles. The lowest BCUT2D eigenvalue weighted by molar-refractivity contribution is -0.116. The largest absolute Gasteiger partial charge is 0.326 e. The molecular formula is C18H22N2OS. The maximum absolute atomic E-state index is 12.1. The van der Waals surface area contributed by atoms with Crippen LogP contribution in [-0.2, 0) is 11.2 Å². The van der Waals surface area contributed by atoms with Gasteiger partial charge in [0.15, 0.2) is 0 Å². The molecular weight excluding hydrogens is 292 g/mol. The molecule has 0 aliphatic heterocycles. The Bertz CT molecular complexity index is 584. The van der Waals surface area contributed by atoms with E-state index in [1.165, 1.54) is 5.56 Å². The molecule has 0 aromatic heterocycles. The molecule has 0 aliphatic carbocycles. The summed E-state index contributed by atoms with van der Waals surface area (Å²) in [5.41, 5.74) is 9.15. The Labute approximate surface area is 136 Å². The number of anilines is 1. The molecule has 1 amide bonds. The normalized spacial score (nSPS) is 11.9. The summed E-state index contributed by atoms with van der Waals surface area (Å²) in [5.74, 6) is 1.05. The summed E-state index contributed by atoms with van der Waals surface area (Å²) >= 11 is 1.83. The predicted molar refractivity (Wildman–Crippen MR) is 95.1 cm³/mol. The van der Waals surface area contributed by atoms with E-state index in [1.54, 1.807) is 0 Å². The molecule has 0 saturated heterocycles. The second-order valence-electron chi connectivity index (χ2n) is 5.21. The van der Waals surface area contributed by atoms with Gasteiger partial charge in [-0.15, -0.1) is 0 Å². The van der Waals surface area contributed by atoms with Crippen LogP contribution in [0.5, 0.6) is 0 Å². The fourth-order valence-corrected chi connectivity index (χ4v) is 2.64. The Morgan fingerprint density at radius 1 is 1.14 bits per heavy atom. The van der Waals surface area contributed by atoms with Gasteiger partial charge in [-0.2, -0.15) is 11.8 Å². The SMILES string of the molecule is CSCCc1ccc(NC(=O)CC(N)c2ccccc2)cc1. The summed E-state index contributed by atoms with van der Waals surface area (Å²) < 4.78 is 0. The highest BCUT2D eigenvalue weighted by Crippen LogP contribution is 2.16. The van der Waals surface area contributed by atoms with E-state index < -0.39 is 0 Å². The number of benzene rings is 2. The van der Waals surface area contributed by atoms with Crippen molar-refractivity contribution in [1.29, 1.82) is 0 Å². The molecule has 1 atom stereocenters. The number of nitrogens with two attached hydrogens (primary N) is 1. The van der Waals surface area contributed by atoms with Crippen LogP contribution in [0.4, 0.5) is 5.69 Å². The summed E-state index contributed by atoms with van der Waals surface area (Å²) in [6.07, 6.45) is 3.43. The second-order valence-corrected chi connectivity index (χ2v) is 6.19. The number of hydrogen-bond donors (Lipinski definition) is 2. The van der Waals surface area contributed by atoms with Crippen molar-refractivity contribution >= 4 is 23.4 Å². The van der Waals surface area contributed by atoms with E-state index in [4.69, 9.17) is 5.73 Å². The average Bonchev–Trinajstić information content (AvgIpc) is 2.55. The lowest BCUT2D eigenvalue weighted by atomic mass is 10.0. The molecule has 0 radical (unpaired) electrons. The van der Waals surface area contributed by atoms with Crippen LogP contribution in [-0.4, -0.2) is 17.9 Å². The number of aryl methyl sites for hydroxylation is 1. The van der Waals surface area contributed by atoms with Crippen LogP contribution in [0.2, 0.25) is 0 Å². The van der Waals surface area contributed by atoms with E-state index in [0.29, 0.717) is 0 Å². The van der Waals surface area contributed by atoms with E-state index >= 15 is 0 Å². The molecule has 0 fully saturated rings. The van der Waals surface area contributed by atoms with E-state index in [0.717, 1.165) is 23.4 Å². The Kier molecular flexibility index (Phi) is 6.49. The maximum atomic E-state index is 12.1. The van der Waals surface area contributed by atoms with Crippen LogP contribution in [0, 0.1) is 0 Å². The Morgan fingerprint density at radius 3 is 2.45 bits per heavy atom. The number of thioether (sulfide) groups is 1. The van der Waals surface area contributed by atoms with Crippen LogP contribution in [0.25, 0.3) is 0 Å². The quantitative estimate of drug-likeness (QED) is 0.820. The second kappa shape index (κ2) is 8.61. The monoisotopic (exact) mass is 314 g/mol. The number of rotatable bonds is 7. The smallest absolute Gasteiger partial charge is 0.226 e. The molecule has 2 rings (SSSR count). The van der Waals surface area contributed by atoms with Gasteiger partial charge in [0.1, 0.15) is 0 Å². The highest BCUT2D eigenvalue weighted by atomic mass is 32.2. The number of amides is 1. The lowest BCUT2D eigenvalue weighted by Gasteiger charge is -2.12. The van der Waals surface area contributed by atoms with Gasteiger partial charge in [-0.1, -0.05) is 42.5 Å². The molecule has 0 saturated carbocycles. The van der Waals surface area contributed by atoms with Crippen LogP contribution < -0.4 is 11.1 Å². The summed E-state index contributed by atoms with van der Waals surface area (Å²) in [7, 11) is 0. The Hall–Kier alpha value is -1.78. The lowest BCUT2D eigenvalue weighted by Crippen LogP contribution is -2.20. The third-order valence-corrected chi connectivity index (χ3v) is 4.08. The first kappa shape index (κ1) is 16.6. The molecule has 4 heteroatoms. The van der Waals surface area contributed by atoms with Crippen LogP contribution in [0.15, 0.2) is 54.6 Å². The van der Waals surface area contributed by atoms with E-state index in [9.17, 15) is 4.79 Å². The van der Waals surface area contributed by atoms with Gasteiger partial charge < -0.3 is 11.1 Å². The zero-order valence-electron chi connectivity index (χ0n) is 12.8. The van der Waals surface area contributed by atoms with Crippen LogP contribution in [0.1, 0.15) is 23.6 Å². The van der Waals surface area contributed by atoms with Crippen molar-refractivity contribution in [1.82, 2.24) is 0 Å². The first-order valence-corrected chi connectivity index (χ1v) is 8.76. The molecule has 0 bridgehead atoms. The van der Waals surface area contributed by atoms with Crippen molar-refractivity contribution in [3.63, 3.8) is 0 Å². The summed E-state index contributed by atoms with van der Waals surface area (Å²) in [4.78, 5) is 12.1. The summed E-state index contributed by atoms with van der Waals surface area (Å²) in [6.45, 7) is 0. The number of carbonyl (C=O) groups is 1. The van der Waals surface area contributed by atoms with E-state index in [2.05, 4.69) is 23.7 Å². The first-order valence-electron chi connectivity index (χ1n) is 7.37. The molecule has 1 unspecified atom stereocenters. The van der Waals surface area contributed by atoms with Gasteiger partial charge in [-0.3, -0.25) is 4.79 Å². The van der Waals surface area contributed by atoms with Gasteiger partial charge in [-0.05, 0) is 41.7 Å². The fraction of sp³-hybridized carbons (Fsp3) is 0.278. The molecule has 22 heavy (non-hydrogen) atoms. The first-order chi connectivity index (χ1) is 10.7. The van der Waals surface area contributed by atoms with Gasteiger partial charge in [0, 0.05) is 18.2 Å². The van der Waals surface area contributed by atoms with Crippen molar-refractivity contribution in [3.05, 3.63) is 65.7 Å². The van der Waals surface area contributed by atoms with Crippen molar-refractivity contribution in [2.75, 3.05) is 17.3 Å². The minimum absolute atomic E-state index is 0.0618. The van der Waals surface area contributed by atoms with Gasteiger partial charge >= 0.3 is 0 Å². The van der Waals surface area contributed by atoms with E-state index in [1.807, 2.05) is 54.2 Å². The fourth-order valence-electron chi connectivity index (χ4n) is 2.20. The van der Waals surface area contributed by atoms with E-state index in [-0.39, 0.29) is 18.4 Å². The van der Waals surface area contributed by atoms with Crippen molar-refractivity contribution in [3.8, 4) is 0 Å². The van der Waals surface area contributed by atoms with Crippen LogP contribution in [0.3, 0.4) is 0 Å². The topological polar surface area (TPSA) is 55.1 Å². The minimum atomic E-state index is -0.276. The van der Waals surface area contributed by atoms with Gasteiger partial charge in [0.2, 0.25) is 5.91 Å². The van der Waals surface area contributed by atoms with Gasteiger partial charge in [0.05, 0.1) is 0 Å². The summed E-state index contributed by atoms with van der Waals surface area (Å²) in [6, 6.07) is 17.4. The molecule has 0 heterocycles. The van der Waals surface area contributed by atoms with Crippen LogP contribution >= 0.6 is 11.8 Å². The van der Waals surface area contributed by atoms with Crippen molar-refractivity contribution in [2.45, 2.75) is 18.9 Å². The third-order valence-electron chi connectivity index (χ3n) is 3.47. The number of hydrogen-bond acceptors (Lipinski definition) is 3. The maximum Gasteiger partial charge on any atom is 0.226 e. The highest BCUT2D eigenvalue weighted by molar-refractivity contribution is 7.98. The third kappa shape index (κ3) is 5.20. The standard InChI is InChI=1S/C18H22N2OS/c1-22-12-11-14-7-9-16(10-8-14)20-18(21)13-17(19)15-5-3-2-4-6-15/h2-10,17H,11-13,19H2,1H3,(H,20,21). The number of nitrogens with one attached hydrogen (secondary N) is 1. The minimum Gasteiger partial charge on any atom is -0.326 e. The average molecular weight is 314 g/mol. The Balaban J connectivity index is 1.86. The van der Waals surface area contributed by atoms with Gasteiger partial charge in [-0.25, -0.2) is 0 Å². The van der Waals surface area contributed by atoms with Crippen molar-refractivity contribution in [2.24, 2.45) is 5.73 Å². The van der Waals surface area contributed by atoms with Gasteiger partial charge in [0.25, 0.3) is 0 Å². The van der Waals surface area contributed by atoms with Crippen molar-refractivity contribution < 1.29 is 4.79 Å². The zero-order valence-corrected chi connectivity index (χ0v) is 13.6. The molecule has 3 N–H and O–H groups in total. The zero-order chi connectivity index (χ0) is 15.8. The molecule has 2 aromatic rings. The Morgan fingerprint density at radius 2 is 1.82 bits per heavy atom. The number of carbonyl (C=O) groups excluding carboxylic acids is 1. The summed E-state index contributed by atoms with van der Waals surface area (Å²) in [5, 5.41) is 2.90. The molecule has 0 aliphatic rings. The molecule has 3 nitrogen and oxygen atoms in total. The highest BCUT2D eigenvalue weighted by Gasteiger charge is 2.11. The molecule has 0 spiro atoms.